The molecule has 1 atom stereocenters. The molecule has 0 aliphatic carbocycles. The molecular weight excluding hydrogens is 454 g/mol. The fourth-order valence-electron chi connectivity index (χ4n) is 3.79. The lowest BCUT2D eigenvalue weighted by Crippen LogP contribution is -2.38. The van der Waals surface area contributed by atoms with Gasteiger partial charge in [0.05, 0.1) is 7.11 Å². The number of ether oxygens (including phenoxy) is 2. The number of benzene rings is 3. The molecule has 176 valence electrons. The van der Waals surface area contributed by atoms with Crippen molar-refractivity contribution in [2.45, 2.75) is 32.5 Å². The van der Waals surface area contributed by atoms with Crippen molar-refractivity contribution >= 4 is 34.9 Å². The second-order valence-electron chi connectivity index (χ2n) is 7.97. The molecule has 8 heteroatoms. The molecule has 0 fully saturated rings. The molecule has 1 aliphatic heterocycles. The van der Waals surface area contributed by atoms with Gasteiger partial charge in [0.1, 0.15) is 11.5 Å². The van der Waals surface area contributed by atoms with E-state index < -0.39 is 12.1 Å². The highest BCUT2D eigenvalue weighted by Gasteiger charge is 2.30. The van der Waals surface area contributed by atoms with Gasteiger partial charge in [0.15, 0.2) is 6.10 Å². The van der Waals surface area contributed by atoms with Crippen LogP contribution in [-0.2, 0) is 17.9 Å². The summed E-state index contributed by atoms with van der Waals surface area (Å²) in [5, 5.41) is 6.12. The van der Waals surface area contributed by atoms with Crippen LogP contribution in [0, 0.1) is 0 Å². The van der Waals surface area contributed by atoms with Crippen molar-refractivity contribution in [1.82, 2.24) is 4.90 Å². The summed E-state index contributed by atoms with van der Waals surface area (Å²) in [5.74, 6) is 1.33. The van der Waals surface area contributed by atoms with Gasteiger partial charge in [-0.1, -0.05) is 36.7 Å². The standard InChI is InChI=1S/C26H26ClN3O4/c1-3-23-25(31)30(15-17-7-10-22(33-2)11-8-17)16-18-13-21(9-12-24(18)34-23)29-26(32)28-20-6-4-5-19(27)14-20/h4-14,23H,3,15-16H2,1-2H3,(H2,28,29,32). The van der Waals surface area contributed by atoms with Crippen molar-refractivity contribution in [2.75, 3.05) is 17.7 Å². The Labute approximate surface area is 203 Å². The van der Waals surface area contributed by atoms with E-state index in [-0.39, 0.29) is 5.91 Å². The van der Waals surface area contributed by atoms with E-state index in [1.54, 1.807) is 48.4 Å². The molecule has 3 aromatic rings. The number of nitrogens with one attached hydrogen (secondary N) is 2. The summed E-state index contributed by atoms with van der Waals surface area (Å²) < 4.78 is 11.3. The summed E-state index contributed by atoms with van der Waals surface area (Å²) in [6, 6.07) is 19.5. The average molecular weight is 480 g/mol. The van der Waals surface area contributed by atoms with Gasteiger partial charge >= 0.3 is 6.03 Å². The minimum atomic E-state index is -0.565. The maximum absolute atomic E-state index is 13.2. The highest BCUT2D eigenvalue weighted by molar-refractivity contribution is 6.30. The first-order chi connectivity index (χ1) is 16.4. The lowest BCUT2D eigenvalue weighted by atomic mass is 10.1. The largest absolute Gasteiger partial charge is 0.497 e. The number of hydrogen-bond acceptors (Lipinski definition) is 4. The van der Waals surface area contributed by atoms with Crippen LogP contribution in [0.3, 0.4) is 0 Å². The fraction of sp³-hybridized carbons (Fsp3) is 0.231. The zero-order chi connectivity index (χ0) is 24.1. The van der Waals surface area contributed by atoms with E-state index in [1.165, 1.54) is 0 Å². The second kappa shape index (κ2) is 10.5. The third-order valence-corrected chi connectivity index (χ3v) is 5.76. The number of urea groups is 1. The topological polar surface area (TPSA) is 79.9 Å². The lowest BCUT2D eigenvalue weighted by molar-refractivity contribution is -0.139. The number of carbonyl (C=O) groups excluding carboxylic acids is 2. The SMILES string of the molecule is CCC1Oc2ccc(NC(=O)Nc3cccc(Cl)c3)cc2CN(Cc2ccc(OC)cc2)C1=O. The van der Waals surface area contributed by atoms with Gasteiger partial charge in [-0.15, -0.1) is 0 Å². The molecule has 3 aromatic carbocycles. The molecule has 0 radical (unpaired) electrons. The van der Waals surface area contributed by atoms with Gasteiger partial charge in [-0.25, -0.2) is 4.79 Å². The Balaban J connectivity index is 1.52. The zero-order valence-corrected chi connectivity index (χ0v) is 19.8. The Morgan fingerprint density at radius 3 is 2.50 bits per heavy atom. The van der Waals surface area contributed by atoms with E-state index in [0.717, 1.165) is 16.9 Å². The molecule has 1 unspecified atom stereocenters. The van der Waals surface area contributed by atoms with Crippen molar-refractivity contribution in [3.05, 3.63) is 82.9 Å². The minimum absolute atomic E-state index is 0.0669. The predicted molar refractivity (Wildman–Crippen MR) is 132 cm³/mol. The van der Waals surface area contributed by atoms with E-state index in [1.807, 2.05) is 37.3 Å². The van der Waals surface area contributed by atoms with Gasteiger partial charge < -0.3 is 25.0 Å². The van der Waals surface area contributed by atoms with Gasteiger partial charge in [0.2, 0.25) is 0 Å². The molecule has 0 aromatic heterocycles. The fourth-order valence-corrected chi connectivity index (χ4v) is 3.98. The van der Waals surface area contributed by atoms with E-state index in [2.05, 4.69) is 10.6 Å². The van der Waals surface area contributed by atoms with Crippen molar-refractivity contribution < 1.29 is 19.1 Å². The first kappa shape index (κ1) is 23.4. The molecule has 0 spiro atoms. The van der Waals surface area contributed by atoms with Gasteiger partial charge in [-0.2, -0.15) is 0 Å². The van der Waals surface area contributed by atoms with E-state index in [0.29, 0.717) is 41.7 Å². The summed E-state index contributed by atoms with van der Waals surface area (Å²) in [5.41, 5.74) is 2.99. The van der Waals surface area contributed by atoms with E-state index >= 15 is 0 Å². The molecule has 34 heavy (non-hydrogen) atoms. The van der Waals surface area contributed by atoms with Crippen molar-refractivity contribution in [1.29, 1.82) is 0 Å². The van der Waals surface area contributed by atoms with Crippen LogP contribution < -0.4 is 20.1 Å². The molecule has 2 N–H and O–H groups in total. The number of anilines is 2. The summed E-state index contributed by atoms with van der Waals surface area (Å²) in [4.78, 5) is 27.4. The van der Waals surface area contributed by atoms with Crippen LogP contribution in [0.15, 0.2) is 66.7 Å². The van der Waals surface area contributed by atoms with Gasteiger partial charge in [0, 0.05) is 35.1 Å². The highest BCUT2D eigenvalue weighted by atomic mass is 35.5. The Kier molecular flexibility index (Phi) is 7.23. The lowest BCUT2D eigenvalue weighted by Gasteiger charge is -2.23. The monoisotopic (exact) mass is 479 g/mol. The maximum atomic E-state index is 13.2. The van der Waals surface area contributed by atoms with Crippen molar-refractivity contribution in [2.24, 2.45) is 0 Å². The van der Waals surface area contributed by atoms with Gasteiger partial charge in [0.25, 0.3) is 5.91 Å². The molecule has 0 saturated heterocycles. The smallest absolute Gasteiger partial charge is 0.323 e. The Bertz CT molecular complexity index is 1180. The van der Waals surface area contributed by atoms with Crippen LogP contribution in [0.5, 0.6) is 11.5 Å². The molecule has 4 rings (SSSR count). The number of nitrogens with zero attached hydrogens (tertiary/aromatic N) is 1. The number of amides is 3. The molecule has 1 aliphatic rings. The molecular formula is C26H26ClN3O4. The highest BCUT2D eigenvalue weighted by Crippen LogP contribution is 2.30. The van der Waals surface area contributed by atoms with Crippen LogP contribution in [0.25, 0.3) is 0 Å². The van der Waals surface area contributed by atoms with Crippen LogP contribution in [-0.4, -0.2) is 30.1 Å². The number of hydrogen-bond donors (Lipinski definition) is 2. The van der Waals surface area contributed by atoms with Crippen LogP contribution in [0.2, 0.25) is 5.02 Å². The zero-order valence-electron chi connectivity index (χ0n) is 19.0. The molecule has 0 bridgehead atoms. The Morgan fingerprint density at radius 1 is 1.09 bits per heavy atom. The summed E-state index contributed by atoms with van der Waals surface area (Å²) in [6.45, 7) is 2.73. The van der Waals surface area contributed by atoms with Crippen LogP contribution in [0.4, 0.5) is 16.2 Å². The molecule has 3 amide bonds. The van der Waals surface area contributed by atoms with E-state index in [4.69, 9.17) is 21.1 Å². The van der Waals surface area contributed by atoms with Crippen molar-refractivity contribution in [3.8, 4) is 11.5 Å². The summed E-state index contributed by atoms with van der Waals surface area (Å²) in [6.07, 6.45) is -0.0103. The third-order valence-electron chi connectivity index (χ3n) is 5.52. The first-order valence-electron chi connectivity index (χ1n) is 11.0. The number of carbonyl (C=O) groups is 2. The average Bonchev–Trinajstić information content (AvgIpc) is 2.95. The third kappa shape index (κ3) is 5.61. The summed E-state index contributed by atoms with van der Waals surface area (Å²) >= 11 is 5.98. The maximum Gasteiger partial charge on any atom is 0.323 e. The van der Waals surface area contributed by atoms with E-state index in [9.17, 15) is 9.59 Å². The first-order valence-corrected chi connectivity index (χ1v) is 11.4. The summed E-state index contributed by atoms with van der Waals surface area (Å²) in [7, 11) is 1.62. The second-order valence-corrected chi connectivity index (χ2v) is 8.41. The molecule has 7 nitrogen and oxygen atoms in total. The molecule has 0 saturated carbocycles. The Hall–Kier alpha value is -3.71. The van der Waals surface area contributed by atoms with Crippen LogP contribution in [0.1, 0.15) is 24.5 Å². The van der Waals surface area contributed by atoms with Gasteiger partial charge in [-0.3, -0.25) is 4.79 Å². The molecule has 1 heterocycles. The van der Waals surface area contributed by atoms with Crippen molar-refractivity contribution in [3.63, 3.8) is 0 Å². The minimum Gasteiger partial charge on any atom is -0.497 e. The quantitative estimate of drug-likeness (QED) is 0.475. The number of methoxy groups -OCH3 is 1. The van der Waals surface area contributed by atoms with Crippen LogP contribution >= 0.6 is 11.6 Å². The normalized spacial score (nSPS) is 15.1. The Morgan fingerprint density at radius 2 is 1.82 bits per heavy atom. The number of halogens is 1. The number of rotatable bonds is 6. The predicted octanol–water partition coefficient (Wildman–Crippen LogP) is 5.69. The van der Waals surface area contributed by atoms with Gasteiger partial charge in [-0.05, 0) is 60.5 Å². The number of fused-ring (bicyclic) bond motifs is 1.